The van der Waals surface area contributed by atoms with E-state index in [2.05, 4.69) is 41.1 Å². The first-order valence-corrected chi connectivity index (χ1v) is 12.0. The first-order valence-electron chi connectivity index (χ1n) is 12.0. The molecule has 33 heavy (non-hydrogen) atoms. The average Bonchev–Trinajstić information content (AvgIpc) is 3.30. The van der Waals surface area contributed by atoms with Gasteiger partial charge in [0.15, 0.2) is 11.5 Å². The Balaban J connectivity index is 1.12. The van der Waals surface area contributed by atoms with Crippen LogP contribution in [0.1, 0.15) is 42.6 Å². The third-order valence-corrected chi connectivity index (χ3v) is 6.81. The van der Waals surface area contributed by atoms with Crippen LogP contribution < -0.4 is 19.7 Å². The molecule has 0 spiro atoms. The third-order valence-electron chi connectivity index (χ3n) is 6.81. The number of amides is 1. The molecule has 0 aromatic heterocycles. The maximum atomic E-state index is 12.6. The number of rotatable bonds is 5. The predicted octanol–water partition coefficient (Wildman–Crippen LogP) is 3.42. The van der Waals surface area contributed by atoms with Crippen LogP contribution in [-0.2, 0) is 11.3 Å². The number of ether oxygens (including phenoxy) is 3. The van der Waals surface area contributed by atoms with Crippen LogP contribution in [0.2, 0.25) is 0 Å². The molecule has 2 atom stereocenters. The molecule has 3 aliphatic heterocycles. The number of piperidine rings is 1. The summed E-state index contributed by atoms with van der Waals surface area (Å²) in [5, 5.41) is 2.99. The van der Waals surface area contributed by atoms with Gasteiger partial charge in [0.25, 0.3) is 5.91 Å². The molecule has 7 heteroatoms. The highest BCUT2D eigenvalue weighted by molar-refractivity contribution is 5.94. The maximum Gasteiger partial charge on any atom is 0.251 e. The van der Waals surface area contributed by atoms with Crippen LogP contribution in [0.15, 0.2) is 42.5 Å². The van der Waals surface area contributed by atoms with Crippen LogP contribution in [-0.4, -0.2) is 62.0 Å². The van der Waals surface area contributed by atoms with Crippen molar-refractivity contribution in [3.8, 4) is 11.5 Å². The quantitative estimate of drug-likeness (QED) is 0.752. The lowest BCUT2D eigenvalue weighted by atomic mass is 10.0. The number of nitrogens with zero attached hydrogens (tertiary/aromatic N) is 2. The van der Waals surface area contributed by atoms with Gasteiger partial charge in [0, 0.05) is 50.0 Å². The molecule has 5 rings (SSSR count). The Labute approximate surface area is 195 Å². The van der Waals surface area contributed by atoms with E-state index in [4.69, 9.17) is 14.2 Å². The van der Waals surface area contributed by atoms with Gasteiger partial charge in [0.05, 0.1) is 12.2 Å². The number of carbonyl (C=O) groups excluding carboxylic acids is 1. The van der Waals surface area contributed by atoms with Crippen molar-refractivity contribution in [3.63, 3.8) is 0 Å². The van der Waals surface area contributed by atoms with Gasteiger partial charge in [-0.25, -0.2) is 0 Å². The molecule has 0 radical (unpaired) electrons. The van der Waals surface area contributed by atoms with Crippen molar-refractivity contribution >= 4 is 11.6 Å². The fraction of sp³-hybridized carbons (Fsp3) is 0.500. The molecule has 2 aromatic carbocycles. The Morgan fingerprint density at radius 3 is 2.39 bits per heavy atom. The second-order valence-electron chi connectivity index (χ2n) is 9.35. The molecular weight excluding hydrogens is 418 g/mol. The van der Waals surface area contributed by atoms with E-state index in [1.54, 1.807) is 0 Å². The van der Waals surface area contributed by atoms with E-state index >= 15 is 0 Å². The summed E-state index contributed by atoms with van der Waals surface area (Å²) in [6, 6.07) is 14.3. The Morgan fingerprint density at radius 2 is 1.67 bits per heavy atom. The van der Waals surface area contributed by atoms with Gasteiger partial charge >= 0.3 is 0 Å². The van der Waals surface area contributed by atoms with E-state index in [-0.39, 0.29) is 12.7 Å². The molecule has 0 aliphatic carbocycles. The normalized spacial score (nSPS) is 23.5. The molecule has 0 saturated carbocycles. The third kappa shape index (κ3) is 5.09. The summed E-state index contributed by atoms with van der Waals surface area (Å²) in [4.78, 5) is 17.7. The number of carbonyl (C=O) groups is 1. The van der Waals surface area contributed by atoms with Gasteiger partial charge in [0.2, 0.25) is 6.79 Å². The van der Waals surface area contributed by atoms with Crippen molar-refractivity contribution in [2.24, 2.45) is 0 Å². The minimum atomic E-state index is -0.0755. The lowest BCUT2D eigenvalue weighted by Crippen LogP contribution is -2.53. The molecule has 3 aliphatic rings. The largest absolute Gasteiger partial charge is 0.454 e. The van der Waals surface area contributed by atoms with Crippen molar-refractivity contribution in [1.82, 2.24) is 10.2 Å². The number of anilines is 1. The molecular formula is C26H33N3O4. The van der Waals surface area contributed by atoms with Crippen molar-refractivity contribution in [3.05, 3.63) is 53.6 Å². The summed E-state index contributed by atoms with van der Waals surface area (Å²) in [5.74, 6) is 1.40. The van der Waals surface area contributed by atoms with Gasteiger partial charge < -0.3 is 24.4 Å². The molecule has 2 saturated heterocycles. The zero-order valence-electron chi connectivity index (χ0n) is 19.5. The van der Waals surface area contributed by atoms with E-state index in [1.165, 1.54) is 5.69 Å². The Bertz CT molecular complexity index is 962. The van der Waals surface area contributed by atoms with Crippen LogP contribution in [0, 0.1) is 0 Å². The molecule has 3 heterocycles. The molecule has 1 amide bonds. The highest BCUT2D eigenvalue weighted by Crippen LogP contribution is 2.32. The molecule has 7 nitrogen and oxygen atoms in total. The molecule has 0 bridgehead atoms. The fourth-order valence-corrected chi connectivity index (χ4v) is 5.16. The van der Waals surface area contributed by atoms with E-state index in [1.807, 2.05) is 30.3 Å². The number of hydrogen-bond donors (Lipinski definition) is 1. The van der Waals surface area contributed by atoms with Gasteiger partial charge in [-0.3, -0.25) is 9.69 Å². The monoisotopic (exact) mass is 451 g/mol. The predicted molar refractivity (Wildman–Crippen MR) is 127 cm³/mol. The summed E-state index contributed by atoms with van der Waals surface area (Å²) < 4.78 is 16.6. The van der Waals surface area contributed by atoms with Gasteiger partial charge in [-0.2, -0.15) is 0 Å². The molecule has 1 N–H and O–H groups in total. The minimum absolute atomic E-state index is 0.0755. The number of benzene rings is 2. The number of hydrogen-bond acceptors (Lipinski definition) is 6. The molecule has 0 unspecified atom stereocenters. The second-order valence-corrected chi connectivity index (χ2v) is 9.35. The van der Waals surface area contributed by atoms with Crippen LogP contribution in [0.5, 0.6) is 11.5 Å². The van der Waals surface area contributed by atoms with Crippen molar-refractivity contribution < 1.29 is 19.0 Å². The SMILES string of the molecule is C[C@@H]1CN(C2CCN(c3ccc(C(=O)NCc4ccc5c(c4)OCO5)cc3)CC2)C[C@H](C)O1. The number of morpholine rings is 1. The van der Waals surface area contributed by atoms with Crippen LogP contribution in [0.4, 0.5) is 5.69 Å². The Kier molecular flexibility index (Phi) is 6.42. The summed E-state index contributed by atoms with van der Waals surface area (Å²) in [6.45, 7) is 9.19. The van der Waals surface area contributed by atoms with Crippen molar-refractivity contribution in [2.45, 2.75) is 51.5 Å². The lowest BCUT2D eigenvalue weighted by molar-refractivity contribution is -0.0826. The first kappa shape index (κ1) is 22.0. The van der Waals surface area contributed by atoms with Crippen LogP contribution >= 0.6 is 0 Å². The second kappa shape index (κ2) is 9.61. The Hall–Kier alpha value is -2.77. The van der Waals surface area contributed by atoms with E-state index < -0.39 is 0 Å². The summed E-state index contributed by atoms with van der Waals surface area (Å²) >= 11 is 0. The van der Waals surface area contributed by atoms with Gasteiger partial charge in [0.1, 0.15) is 0 Å². The van der Waals surface area contributed by atoms with Gasteiger partial charge in [-0.05, 0) is 68.7 Å². The molecule has 2 fully saturated rings. The van der Waals surface area contributed by atoms with E-state index in [9.17, 15) is 4.79 Å². The number of nitrogens with one attached hydrogen (secondary N) is 1. The first-order chi connectivity index (χ1) is 16.0. The highest BCUT2D eigenvalue weighted by atomic mass is 16.7. The Morgan fingerprint density at radius 1 is 0.970 bits per heavy atom. The zero-order valence-corrected chi connectivity index (χ0v) is 19.5. The number of fused-ring (bicyclic) bond motifs is 1. The minimum Gasteiger partial charge on any atom is -0.454 e. The van der Waals surface area contributed by atoms with Crippen LogP contribution in [0.3, 0.4) is 0 Å². The van der Waals surface area contributed by atoms with Crippen molar-refractivity contribution in [1.29, 1.82) is 0 Å². The fourth-order valence-electron chi connectivity index (χ4n) is 5.16. The average molecular weight is 452 g/mol. The summed E-state index contributed by atoms with van der Waals surface area (Å²) in [6.07, 6.45) is 2.96. The molecule has 2 aromatic rings. The lowest BCUT2D eigenvalue weighted by Gasteiger charge is -2.44. The summed E-state index contributed by atoms with van der Waals surface area (Å²) in [7, 11) is 0. The highest BCUT2D eigenvalue weighted by Gasteiger charge is 2.30. The van der Waals surface area contributed by atoms with E-state index in [0.29, 0.717) is 30.4 Å². The zero-order chi connectivity index (χ0) is 22.8. The van der Waals surface area contributed by atoms with Gasteiger partial charge in [-0.1, -0.05) is 6.07 Å². The van der Waals surface area contributed by atoms with Crippen molar-refractivity contribution in [2.75, 3.05) is 37.9 Å². The topological polar surface area (TPSA) is 63.3 Å². The maximum absolute atomic E-state index is 12.6. The summed E-state index contributed by atoms with van der Waals surface area (Å²) in [5.41, 5.74) is 2.84. The van der Waals surface area contributed by atoms with Gasteiger partial charge in [-0.15, -0.1) is 0 Å². The standard InChI is InChI=1S/C26H33N3O4/c1-18-15-29(16-19(2)33-18)23-9-11-28(12-10-23)22-6-4-21(5-7-22)26(30)27-14-20-3-8-24-25(13-20)32-17-31-24/h3-8,13,18-19,23H,9-12,14-17H2,1-2H3,(H,27,30)/t18-,19+. The van der Waals surface area contributed by atoms with E-state index in [0.717, 1.165) is 56.1 Å². The van der Waals surface area contributed by atoms with Crippen LogP contribution in [0.25, 0.3) is 0 Å². The smallest absolute Gasteiger partial charge is 0.251 e. The molecule has 176 valence electrons.